The van der Waals surface area contributed by atoms with E-state index in [0.29, 0.717) is 24.3 Å². The lowest BCUT2D eigenvalue weighted by atomic mass is 9.98. The summed E-state index contributed by atoms with van der Waals surface area (Å²) in [6.07, 6.45) is 0.803. The summed E-state index contributed by atoms with van der Waals surface area (Å²) < 4.78 is 5.75. The molecule has 4 rings (SSSR count). The van der Waals surface area contributed by atoms with E-state index in [1.54, 1.807) is 0 Å². The molecule has 0 aromatic heterocycles. The van der Waals surface area contributed by atoms with Crippen LogP contribution in [0.2, 0.25) is 0 Å². The first-order chi connectivity index (χ1) is 15.0. The van der Waals surface area contributed by atoms with Crippen LogP contribution in [0, 0.1) is 13.8 Å². The number of aryl methyl sites for hydroxylation is 2. The molecule has 1 aliphatic rings. The Hall–Kier alpha value is -3.60. The van der Waals surface area contributed by atoms with Crippen LogP contribution in [0.1, 0.15) is 32.6 Å². The minimum atomic E-state index is -0.212. The van der Waals surface area contributed by atoms with Crippen molar-refractivity contribution in [2.45, 2.75) is 26.8 Å². The molecular weight excluding hydrogens is 388 g/mol. The normalized spacial score (nSPS) is 12.8. The van der Waals surface area contributed by atoms with Crippen molar-refractivity contribution in [3.8, 4) is 5.75 Å². The van der Waals surface area contributed by atoms with Crippen molar-refractivity contribution in [2.75, 3.05) is 18.5 Å². The summed E-state index contributed by atoms with van der Waals surface area (Å²) in [6.45, 7) is 5.10. The molecule has 0 radical (unpaired) electrons. The zero-order valence-corrected chi connectivity index (χ0v) is 17.9. The average molecular weight is 415 g/mol. The number of rotatable bonds is 5. The largest absolute Gasteiger partial charge is 0.483 e. The first-order valence-electron chi connectivity index (χ1n) is 10.5. The minimum absolute atomic E-state index is 0.0303. The van der Waals surface area contributed by atoms with Crippen molar-refractivity contribution in [2.24, 2.45) is 0 Å². The fraction of sp³-hybridized carbons (Fsp3) is 0.231. The van der Waals surface area contributed by atoms with Crippen LogP contribution in [0.25, 0.3) is 0 Å². The number of hydrogen-bond donors (Lipinski definition) is 1. The number of anilines is 1. The maximum Gasteiger partial charge on any atom is 0.262 e. The summed E-state index contributed by atoms with van der Waals surface area (Å²) >= 11 is 0. The molecule has 1 aliphatic heterocycles. The van der Waals surface area contributed by atoms with Crippen LogP contribution >= 0.6 is 0 Å². The van der Waals surface area contributed by atoms with E-state index in [2.05, 4.69) is 5.32 Å². The second kappa shape index (κ2) is 9.04. The van der Waals surface area contributed by atoms with Gasteiger partial charge in [-0.15, -0.1) is 0 Å². The van der Waals surface area contributed by atoms with Gasteiger partial charge in [0, 0.05) is 24.3 Å². The molecule has 1 heterocycles. The Morgan fingerprint density at radius 1 is 0.935 bits per heavy atom. The second-order valence-electron chi connectivity index (χ2n) is 7.88. The van der Waals surface area contributed by atoms with Gasteiger partial charge in [-0.05, 0) is 66.8 Å². The van der Waals surface area contributed by atoms with Gasteiger partial charge in [-0.25, -0.2) is 0 Å². The zero-order chi connectivity index (χ0) is 21.8. The van der Waals surface area contributed by atoms with Crippen LogP contribution < -0.4 is 10.1 Å². The Bertz CT molecular complexity index is 1090. The van der Waals surface area contributed by atoms with Gasteiger partial charge in [0.1, 0.15) is 5.75 Å². The van der Waals surface area contributed by atoms with Crippen molar-refractivity contribution < 1.29 is 14.3 Å². The molecule has 1 N–H and O–H groups in total. The first kappa shape index (κ1) is 20.7. The standard InChI is InChI=1S/C26H26N2O3/c1-18-7-6-8-19(2)25(18)31-17-24(29)27-23-12-11-20-13-14-28(16-22(20)15-23)26(30)21-9-4-3-5-10-21/h3-12,15H,13-14,16-17H2,1-2H3,(H,27,29). The fourth-order valence-corrected chi connectivity index (χ4v) is 3.93. The number of nitrogens with one attached hydrogen (secondary N) is 1. The van der Waals surface area contributed by atoms with Crippen molar-refractivity contribution in [1.82, 2.24) is 4.90 Å². The Morgan fingerprint density at radius 3 is 2.42 bits per heavy atom. The monoisotopic (exact) mass is 414 g/mol. The summed E-state index contributed by atoms with van der Waals surface area (Å²) in [4.78, 5) is 27.1. The number of ether oxygens (including phenoxy) is 1. The molecule has 0 bridgehead atoms. The van der Waals surface area contributed by atoms with E-state index >= 15 is 0 Å². The van der Waals surface area contributed by atoms with Crippen LogP contribution in [-0.2, 0) is 17.8 Å². The topological polar surface area (TPSA) is 58.6 Å². The third kappa shape index (κ3) is 4.77. The molecule has 0 fully saturated rings. The van der Waals surface area contributed by atoms with Gasteiger partial charge in [-0.1, -0.05) is 42.5 Å². The predicted octanol–water partition coefficient (Wildman–Crippen LogP) is 4.52. The first-order valence-corrected chi connectivity index (χ1v) is 10.5. The smallest absolute Gasteiger partial charge is 0.262 e. The van der Waals surface area contributed by atoms with E-state index in [-0.39, 0.29) is 18.4 Å². The Labute approximate surface area is 182 Å². The summed E-state index contributed by atoms with van der Waals surface area (Å²) in [5, 5.41) is 2.91. The molecule has 0 spiro atoms. The molecule has 0 unspecified atom stereocenters. The summed E-state index contributed by atoms with van der Waals surface area (Å²) in [5.74, 6) is 0.566. The molecule has 0 atom stereocenters. The van der Waals surface area contributed by atoms with E-state index in [1.807, 2.05) is 85.5 Å². The highest BCUT2D eigenvalue weighted by Crippen LogP contribution is 2.25. The van der Waals surface area contributed by atoms with Crippen LogP contribution in [-0.4, -0.2) is 29.9 Å². The van der Waals surface area contributed by atoms with E-state index in [9.17, 15) is 9.59 Å². The quantitative estimate of drug-likeness (QED) is 0.668. The molecule has 5 nitrogen and oxygen atoms in total. The number of benzene rings is 3. The van der Waals surface area contributed by atoms with Crippen LogP contribution in [0.5, 0.6) is 5.75 Å². The molecule has 158 valence electrons. The average Bonchev–Trinajstić information content (AvgIpc) is 2.78. The van der Waals surface area contributed by atoms with Crippen molar-refractivity contribution in [1.29, 1.82) is 0 Å². The molecule has 0 saturated heterocycles. The number of carbonyl (C=O) groups excluding carboxylic acids is 2. The van der Waals surface area contributed by atoms with E-state index < -0.39 is 0 Å². The number of amides is 2. The maximum absolute atomic E-state index is 12.8. The van der Waals surface area contributed by atoms with E-state index in [0.717, 1.165) is 28.9 Å². The van der Waals surface area contributed by atoms with E-state index in [4.69, 9.17) is 4.74 Å². The van der Waals surface area contributed by atoms with Gasteiger partial charge < -0.3 is 15.0 Å². The van der Waals surface area contributed by atoms with Crippen molar-refractivity contribution in [3.63, 3.8) is 0 Å². The molecular formula is C26H26N2O3. The lowest BCUT2D eigenvalue weighted by Gasteiger charge is -2.29. The third-order valence-electron chi connectivity index (χ3n) is 5.57. The molecule has 0 saturated carbocycles. The van der Waals surface area contributed by atoms with Crippen LogP contribution in [0.15, 0.2) is 66.7 Å². The highest BCUT2D eigenvalue weighted by Gasteiger charge is 2.22. The third-order valence-corrected chi connectivity index (χ3v) is 5.57. The van der Waals surface area contributed by atoms with Crippen molar-refractivity contribution >= 4 is 17.5 Å². The van der Waals surface area contributed by atoms with Gasteiger partial charge in [-0.2, -0.15) is 0 Å². The van der Waals surface area contributed by atoms with E-state index in [1.165, 1.54) is 5.56 Å². The van der Waals surface area contributed by atoms with Gasteiger partial charge >= 0.3 is 0 Å². The van der Waals surface area contributed by atoms with Gasteiger partial charge in [0.2, 0.25) is 0 Å². The van der Waals surface area contributed by atoms with Crippen LogP contribution in [0.3, 0.4) is 0 Å². The lowest BCUT2D eigenvalue weighted by Crippen LogP contribution is -2.36. The SMILES string of the molecule is Cc1cccc(C)c1OCC(=O)Nc1ccc2c(c1)CN(C(=O)c1ccccc1)CC2. The highest BCUT2D eigenvalue weighted by atomic mass is 16.5. The minimum Gasteiger partial charge on any atom is -0.483 e. The second-order valence-corrected chi connectivity index (χ2v) is 7.88. The summed E-state index contributed by atoms with van der Waals surface area (Å²) in [5.41, 5.74) is 5.68. The number of fused-ring (bicyclic) bond motifs is 1. The number of nitrogens with zero attached hydrogens (tertiary/aromatic N) is 1. The maximum atomic E-state index is 12.8. The number of para-hydroxylation sites is 1. The molecule has 2 amide bonds. The summed E-state index contributed by atoms with van der Waals surface area (Å²) in [6, 6.07) is 21.1. The van der Waals surface area contributed by atoms with Gasteiger partial charge in [0.25, 0.3) is 11.8 Å². The van der Waals surface area contributed by atoms with Gasteiger partial charge in [0.05, 0.1) is 0 Å². The Morgan fingerprint density at radius 2 is 1.68 bits per heavy atom. The highest BCUT2D eigenvalue weighted by molar-refractivity contribution is 5.94. The molecule has 0 aliphatic carbocycles. The lowest BCUT2D eigenvalue weighted by molar-refractivity contribution is -0.118. The number of hydrogen-bond acceptors (Lipinski definition) is 3. The van der Waals surface area contributed by atoms with Crippen LogP contribution in [0.4, 0.5) is 5.69 Å². The summed E-state index contributed by atoms with van der Waals surface area (Å²) in [7, 11) is 0. The molecule has 31 heavy (non-hydrogen) atoms. The Balaban J connectivity index is 1.40. The number of carbonyl (C=O) groups is 2. The molecule has 3 aromatic rings. The van der Waals surface area contributed by atoms with Crippen molar-refractivity contribution in [3.05, 3.63) is 94.5 Å². The zero-order valence-electron chi connectivity index (χ0n) is 17.9. The van der Waals surface area contributed by atoms with Gasteiger partial charge in [0.15, 0.2) is 6.61 Å². The Kier molecular flexibility index (Phi) is 6.03. The fourth-order valence-electron chi connectivity index (χ4n) is 3.93. The predicted molar refractivity (Wildman–Crippen MR) is 121 cm³/mol. The molecule has 3 aromatic carbocycles. The molecule has 5 heteroatoms. The van der Waals surface area contributed by atoms with Gasteiger partial charge in [-0.3, -0.25) is 9.59 Å².